The Labute approximate surface area is 211 Å². The third-order valence-corrected chi connectivity index (χ3v) is 8.11. The molecule has 0 fully saturated rings. The van der Waals surface area contributed by atoms with Gasteiger partial charge < -0.3 is 9.64 Å². The fourth-order valence-electron chi connectivity index (χ4n) is 4.64. The van der Waals surface area contributed by atoms with Crippen molar-refractivity contribution in [2.45, 2.75) is 30.0 Å². The summed E-state index contributed by atoms with van der Waals surface area (Å²) in [5, 5.41) is 9.35. The summed E-state index contributed by atoms with van der Waals surface area (Å²) in [7, 11) is -1.30. The standard InChI is InChI=1S/C25H22F3N3O5S/c1-30-23(18-7-6-15(14-29)12-21(18)37(34,35)11-10-36-2)22-19(8-9-20(22)32)31(24(30)33)17-5-3-4-16(13-17)25(26,27)28/h3-7,12-13,23H,8-11H2,1-2H3. The molecule has 8 nitrogen and oxygen atoms in total. The number of ether oxygens (including phenoxy) is 1. The molecule has 1 unspecified atom stereocenters. The van der Waals surface area contributed by atoms with E-state index in [0.29, 0.717) is 0 Å². The molecular formula is C25H22F3N3O5S. The number of sulfone groups is 1. The van der Waals surface area contributed by atoms with Crippen LogP contribution in [0.2, 0.25) is 0 Å². The molecule has 2 aliphatic rings. The Balaban J connectivity index is 1.92. The first kappa shape index (κ1) is 26.4. The van der Waals surface area contributed by atoms with Crippen molar-refractivity contribution in [2.75, 3.05) is 31.4 Å². The van der Waals surface area contributed by atoms with Gasteiger partial charge in [-0.2, -0.15) is 18.4 Å². The SMILES string of the molecule is COCCS(=O)(=O)c1cc(C#N)ccc1C1C2=C(CCC2=O)N(c2cccc(C(F)(F)F)c2)C(=O)N1C. The number of likely N-dealkylation sites (N-methyl/N-ethyl adjacent to an activating group) is 1. The molecule has 2 aromatic carbocycles. The minimum atomic E-state index is -4.64. The largest absolute Gasteiger partial charge is 0.416 e. The summed E-state index contributed by atoms with van der Waals surface area (Å²) in [6, 6.07) is 8.27. The Morgan fingerprint density at radius 1 is 1.14 bits per heavy atom. The summed E-state index contributed by atoms with van der Waals surface area (Å²) < 4.78 is 71.4. The number of ketones is 1. The first-order valence-electron chi connectivity index (χ1n) is 11.2. The maximum Gasteiger partial charge on any atom is 0.416 e. The minimum absolute atomic E-state index is 0.0137. The number of Topliss-reactive ketones (excluding diaryl/α,β-unsaturated/α-hetero) is 1. The highest BCUT2D eigenvalue weighted by Gasteiger charge is 2.46. The number of hydrogen-bond donors (Lipinski definition) is 0. The number of urea groups is 1. The number of rotatable bonds is 6. The lowest BCUT2D eigenvalue weighted by molar-refractivity contribution is -0.137. The van der Waals surface area contributed by atoms with Gasteiger partial charge in [0.15, 0.2) is 15.6 Å². The molecule has 194 valence electrons. The van der Waals surface area contributed by atoms with E-state index in [0.717, 1.165) is 21.9 Å². The second-order valence-corrected chi connectivity index (χ2v) is 10.7. The predicted molar refractivity (Wildman–Crippen MR) is 126 cm³/mol. The molecule has 0 bridgehead atoms. The van der Waals surface area contributed by atoms with Crippen molar-refractivity contribution in [3.63, 3.8) is 0 Å². The summed E-state index contributed by atoms with van der Waals surface area (Å²) in [6.07, 6.45) is -4.53. The first-order valence-corrected chi connectivity index (χ1v) is 12.8. The Bertz CT molecular complexity index is 1460. The summed E-state index contributed by atoms with van der Waals surface area (Å²) in [5.41, 5.74) is -0.457. The van der Waals surface area contributed by atoms with Crippen LogP contribution in [0.15, 0.2) is 58.6 Å². The number of carbonyl (C=O) groups is 2. The topological polar surface area (TPSA) is 108 Å². The van der Waals surface area contributed by atoms with Crippen LogP contribution in [0.25, 0.3) is 0 Å². The van der Waals surface area contributed by atoms with Crippen molar-refractivity contribution in [1.82, 2.24) is 4.90 Å². The highest BCUT2D eigenvalue weighted by molar-refractivity contribution is 7.91. The average molecular weight is 534 g/mol. The number of alkyl halides is 3. The number of benzene rings is 2. The van der Waals surface area contributed by atoms with Crippen LogP contribution in [-0.2, 0) is 25.5 Å². The molecule has 37 heavy (non-hydrogen) atoms. The van der Waals surface area contributed by atoms with E-state index in [2.05, 4.69) is 0 Å². The maximum atomic E-state index is 13.6. The highest BCUT2D eigenvalue weighted by atomic mass is 32.2. The molecule has 1 atom stereocenters. The van der Waals surface area contributed by atoms with E-state index in [9.17, 15) is 36.4 Å². The lowest BCUT2D eigenvalue weighted by atomic mass is 9.92. The summed E-state index contributed by atoms with van der Waals surface area (Å²) in [6.45, 7) is -0.117. The lowest BCUT2D eigenvalue weighted by Crippen LogP contribution is -2.48. The number of amides is 2. The molecule has 0 aromatic heterocycles. The van der Waals surface area contributed by atoms with Gasteiger partial charge >= 0.3 is 12.2 Å². The van der Waals surface area contributed by atoms with Crippen molar-refractivity contribution in [1.29, 1.82) is 5.26 Å². The Morgan fingerprint density at radius 3 is 2.51 bits per heavy atom. The zero-order chi connectivity index (χ0) is 27.1. The van der Waals surface area contributed by atoms with E-state index in [4.69, 9.17) is 4.74 Å². The van der Waals surface area contributed by atoms with Gasteiger partial charge in [0.1, 0.15) is 0 Å². The van der Waals surface area contributed by atoms with Gasteiger partial charge in [-0.05, 0) is 42.3 Å². The van der Waals surface area contributed by atoms with E-state index in [1.807, 2.05) is 6.07 Å². The third-order valence-electron chi connectivity index (χ3n) is 6.38. The summed E-state index contributed by atoms with van der Waals surface area (Å²) >= 11 is 0. The number of methoxy groups -OCH3 is 1. The summed E-state index contributed by atoms with van der Waals surface area (Å²) in [4.78, 5) is 28.7. The molecule has 0 saturated heterocycles. The Morgan fingerprint density at radius 2 is 1.86 bits per heavy atom. The fraction of sp³-hybridized carbons (Fsp3) is 0.320. The normalized spacial score (nSPS) is 18.3. The minimum Gasteiger partial charge on any atom is -0.384 e. The van der Waals surface area contributed by atoms with Gasteiger partial charge in [-0.1, -0.05) is 12.1 Å². The second kappa shape index (κ2) is 9.64. The van der Waals surface area contributed by atoms with Crippen molar-refractivity contribution < 1.29 is 35.9 Å². The van der Waals surface area contributed by atoms with Gasteiger partial charge in [-0.3, -0.25) is 9.69 Å². The van der Waals surface area contributed by atoms with Crippen LogP contribution in [0.5, 0.6) is 0 Å². The molecule has 2 aromatic rings. The van der Waals surface area contributed by atoms with Gasteiger partial charge in [0.2, 0.25) is 0 Å². The van der Waals surface area contributed by atoms with Gasteiger partial charge in [-0.15, -0.1) is 0 Å². The number of halogens is 3. The van der Waals surface area contributed by atoms with Crippen LogP contribution in [0, 0.1) is 11.3 Å². The lowest BCUT2D eigenvalue weighted by Gasteiger charge is -2.41. The van der Waals surface area contributed by atoms with Crippen LogP contribution in [0.1, 0.15) is 35.6 Å². The molecule has 12 heteroatoms. The highest BCUT2D eigenvalue weighted by Crippen LogP contribution is 2.46. The van der Waals surface area contributed by atoms with Crippen molar-refractivity contribution in [3.8, 4) is 6.07 Å². The van der Waals surface area contributed by atoms with Gasteiger partial charge in [0.05, 0.1) is 46.2 Å². The van der Waals surface area contributed by atoms with Gasteiger partial charge in [-0.25, -0.2) is 13.2 Å². The van der Waals surface area contributed by atoms with Crippen LogP contribution >= 0.6 is 0 Å². The summed E-state index contributed by atoms with van der Waals surface area (Å²) in [5.74, 6) is -0.743. The van der Waals surface area contributed by atoms with E-state index in [1.165, 1.54) is 44.5 Å². The maximum absolute atomic E-state index is 13.6. The molecule has 1 aliphatic heterocycles. The number of carbonyl (C=O) groups excluding carboxylic acids is 2. The molecule has 0 saturated carbocycles. The van der Waals surface area contributed by atoms with E-state index >= 15 is 0 Å². The molecule has 1 heterocycles. The van der Waals surface area contributed by atoms with Crippen LogP contribution in [-0.4, -0.2) is 51.6 Å². The number of hydrogen-bond acceptors (Lipinski definition) is 6. The van der Waals surface area contributed by atoms with E-state index in [-0.39, 0.29) is 58.2 Å². The van der Waals surface area contributed by atoms with Gasteiger partial charge in [0.25, 0.3) is 0 Å². The zero-order valence-electron chi connectivity index (χ0n) is 19.9. The van der Waals surface area contributed by atoms with Crippen molar-refractivity contribution in [3.05, 3.63) is 70.4 Å². The third kappa shape index (κ3) is 4.72. The average Bonchev–Trinajstić information content (AvgIpc) is 3.23. The molecule has 4 rings (SSSR count). The number of allylic oxidation sites excluding steroid dienone is 1. The van der Waals surface area contributed by atoms with Gasteiger partial charge in [0, 0.05) is 31.8 Å². The van der Waals surface area contributed by atoms with Crippen LogP contribution in [0.4, 0.5) is 23.7 Å². The fourth-order valence-corrected chi connectivity index (χ4v) is 6.09. The van der Waals surface area contributed by atoms with Crippen molar-refractivity contribution in [2.24, 2.45) is 0 Å². The second-order valence-electron chi connectivity index (χ2n) is 8.64. The van der Waals surface area contributed by atoms with Crippen LogP contribution < -0.4 is 4.90 Å². The van der Waals surface area contributed by atoms with Crippen molar-refractivity contribution >= 4 is 27.3 Å². The molecule has 1 aliphatic carbocycles. The molecule has 0 radical (unpaired) electrons. The Kier molecular flexibility index (Phi) is 6.87. The molecule has 0 N–H and O–H groups in total. The molecular weight excluding hydrogens is 511 g/mol. The smallest absolute Gasteiger partial charge is 0.384 e. The van der Waals surface area contributed by atoms with E-state index in [1.54, 1.807) is 0 Å². The molecule has 2 amide bonds. The number of anilines is 1. The number of nitriles is 1. The molecule has 0 spiro atoms. The van der Waals surface area contributed by atoms with Crippen LogP contribution in [0.3, 0.4) is 0 Å². The van der Waals surface area contributed by atoms with E-state index < -0.39 is 39.4 Å². The monoisotopic (exact) mass is 533 g/mol. The quantitative estimate of drug-likeness (QED) is 0.550. The first-order chi connectivity index (χ1) is 17.4. The number of nitrogens with zero attached hydrogens (tertiary/aromatic N) is 3. The zero-order valence-corrected chi connectivity index (χ0v) is 20.7. The predicted octanol–water partition coefficient (Wildman–Crippen LogP) is 4.23. The Hall–Kier alpha value is -3.69.